The highest BCUT2D eigenvalue weighted by Crippen LogP contribution is 2.40. The predicted octanol–water partition coefficient (Wildman–Crippen LogP) is 2.83. The molecule has 7 heteroatoms. The lowest BCUT2D eigenvalue weighted by atomic mass is 9.94. The molecular weight excluding hydrogens is 348 g/mol. The lowest BCUT2D eigenvalue weighted by Gasteiger charge is -2.31. The zero-order valence-corrected chi connectivity index (χ0v) is 16.2. The van der Waals surface area contributed by atoms with E-state index in [4.69, 9.17) is 14.2 Å². The van der Waals surface area contributed by atoms with Crippen molar-refractivity contribution >= 4 is 17.5 Å². The van der Waals surface area contributed by atoms with E-state index in [1.165, 1.54) is 27.8 Å². The van der Waals surface area contributed by atoms with Gasteiger partial charge in [0.1, 0.15) is 0 Å². The minimum absolute atomic E-state index is 0.0898. The van der Waals surface area contributed by atoms with Crippen LogP contribution in [0.2, 0.25) is 0 Å². The third kappa shape index (κ3) is 4.12. The minimum atomic E-state index is -0.335. The molecule has 27 heavy (non-hydrogen) atoms. The third-order valence-electron chi connectivity index (χ3n) is 5.48. The van der Waals surface area contributed by atoms with E-state index in [9.17, 15) is 9.59 Å². The first-order valence-electron chi connectivity index (χ1n) is 9.47. The molecule has 2 amide bonds. The van der Waals surface area contributed by atoms with Crippen molar-refractivity contribution in [2.45, 2.75) is 44.6 Å². The first-order chi connectivity index (χ1) is 13.1. The number of anilines is 1. The van der Waals surface area contributed by atoms with Crippen LogP contribution < -0.4 is 19.5 Å². The molecule has 0 radical (unpaired) electrons. The van der Waals surface area contributed by atoms with Crippen LogP contribution in [0.4, 0.5) is 5.69 Å². The Balaban J connectivity index is 1.69. The molecule has 148 valence electrons. The van der Waals surface area contributed by atoms with Gasteiger partial charge >= 0.3 is 0 Å². The second-order valence-corrected chi connectivity index (χ2v) is 7.14. The molecule has 1 atom stereocenters. The highest BCUT2D eigenvalue weighted by molar-refractivity contribution is 5.97. The maximum atomic E-state index is 12.7. The molecular formula is C20H28N2O5. The lowest BCUT2D eigenvalue weighted by Crippen LogP contribution is -2.38. The fourth-order valence-electron chi connectivity index (χ4n) is 4.05. The van der Waals surface area contributed by atoms with Gasteiger partial charge < -0.3 is 24.4 Å². The second-order valence-electron chi connectivity index (χ2n) is 7.14. The smallest absolute Gasteiger partial charge is 0.229 e. The van der Waals surface area contributed by atoms with Crippen molar-refractivity contribution in [2.75, 3.05) is 33.2 Å². The van der Waals surface area contributed by atoms with Crippen LogP contribution in [0.5, 0.6) is 17.2 Å². The lowest BCUT2D eigenvalue weighted by molar-refractivity contribution is -0.130. The summed E-state index contributed by atoms with van der Waals surface area (Å²) in [5, 5.41) is 2.90. The highest BCUT2D eigenvalue weighted by atomic mass is 16.5. The Hall–Kier alpha value is -2.44. The molecule has 0 aromatic heterocycles. The van der Waals surface area contributed by atoms with Gasteiger partial charge in [-0.05, 0) is 12.8 Å². The third-order valence-corrected chi connectivity index (χ3v) is 5.48. The van der Waals surface area contributed by atoms with Gasteiger partial charge in [0.25, 0.3) is 0 Å². The standard InChI is InChI=1S/C20H28N2O5/c1-25-16-10-14(11-17(26-2)19(16)27-3)21-20(24)13-9-18(23)22(12-13)15-7-5-4-6-8-15/h10-11,13,15H,4-9,12H2,1-3H3,(H,21,24). The highest BCUT2D eigenvalue weighted by Gasteiger charge is 2.38. The second kappa shape index (κ2) is 8.50. The number of hydrogen-bond acceptors (Lipinski definition) is 5. The zero-order valence-electron chi connectivity index (χ0n) is 16.2. The number of carbonyl (C=O) groups is 2. The van der Waals surface area contributed by atoms with Gasteiger partial charge in [-0.1, -0.05) is 19.3 Å². The number of hydrogen-bond donors (Lipinski definition) is 1. The van der Waals surface area contributed by atoms with Gasteiger partial charge in [-0.15, -0.1) is 0 Å². The van der Waals surface area contributed by atoms with E-state index in [-0.39, 0.29) is 24.2 Å². The topological polar surface area (TPSA) is 77.1 Å². The van der Waals surface area contributed by atoms with E-state index in [1.807, 2.05) is 4.90 Å². The molecule has 1 N–H and O–H groups in total. The minimum Gasteiger partial charge on any atom is -0.493 e. The summed E-state index contributed by atoms with van der Waals surface area (Å²) in [5.41, 5.74) is 0.554. The molecule has 0 spiro atoms. The van der Waals surface area contributed by atoms with E-state index in [2.05, 4.69) is 5.32 Å². The zero-order chi connectivity index (χ0) is 19.4. The maximum absolute atomic E-state index is 12.7. The summed E-state index contributed by atoms with van der Waals surface area (Å²) in [7, 11) is 4.59. The van der Waals surface area contributed by atoms with Gasteiger partial charge in [-0.25, -0.2) is 0 Å². The molecule has 3 rings (SSSR count). The maximum Gasteiger partial charge on any atom is 0.229 e. The van der Waals surface area contributed by atoms with E-state index >= 15 is 0 Å². The molecule has 1 aliphatic heterocycles. The van der Waals surface area contributed by atoms with Gasteiger partial charge in [0.2, 0.25) is 17.6 Å². The summed E-state index contributed by atoms with van der Waals surface area (Å²) < 4.78 is 15.9. The molecule has 2 aliphatic rings. The van der Waals surface area contributed by atoms with Crippen molar-refractivity contribution in [3.05, 3.63) is 12.1 Å². The van der Waals surface area contributed by atoms with Crippen LogP contribution in [0.3, 0.4) is 0 Å². The molecule has 7 nitrogen and oxygen atoms in total. The summed E-state index contributed by atoms with van der Waals surface area (Å²) in [6.45, 7) is 0.500. The fraction of sp³-hybridized carbons (Fsp3) is 0.600. The number of benzene rings is 1. The van der Waals surface area contributed by atoms with Crippen LogP contribution in [-0.2, 0) is 9.59 Å². The van der Waals surface area contributed by atoms with Gasteiger partial charge in [-0.3, -0.25) is 9.59 Å². The normalized spacial score (nSPS) is 20.5. The molecule has 1 saturated carbocycles. The Morgan fingerprint density at radius 3 is 2.22 bits per heavy atom. The first-order valence-corrected chi connectivity index (χ1v) is 9.47. The van der Waals surface area contributed by atoms with Crippen molar-refractivity contribution in [1.29, 1.82) is 0 Å². The van der Waals surface area contributed by atoms with Gasteiger partial charge in [0, 0.05) is 36.8 Å². The van der Waals surface area contributed by atoms with E-state index in [1.54, 1.807) is 12.1 Å². The molecule has 0 bridgehead atoms. The molecule has 1 aromatic rings. The van der Waals surface area contributed by atoms with Gasteiger partial charge in [-0.2, -0.15) is 0 Å². The van der Waals surface area contributed by atoms with Crippen LogP contribution in [0.15, 0.2) is 12.1 Å². The average Bonchev–Trinajstić information content (AvgIpc) is 3.09. The Kier molecular flexibility index (Phi) is 6.08. The summed E-state index contributed by atoms with van der Waals surface area (Å²) in [5.74, 6) is 1.01. The van der Waals surface area contributed by atoms with E-state index in [0.717, 1.165) is 25.7 Å². The molecule has 1 unspecified atom stereocenters. The van der Waals surface area contributed by atoms with Gasteiger partial charge in [0.15, 0.2) is 11.5 Å². The van der Waals surface area contributed by atoms with Crippen molar-refractivity contribution < 1.29 is 23.8 Å². The predicted molar refractivity (Wildman–Crippen MR) is 101 cm³/mol. The summed E-state index contributed by atoms with van der Waals surface area (Å²) in [6.07, 6.45) is 5.93. The van der Waals surface area contributed by atoms with Gasteiger partial charge in [0.05, 0.1) is 27.2 Å². The number of methoxy groups -OCH3 is 3. The number of ether oxygens (including phenoxy) is 3. The summed E-state index contributed by atoms with van der Waals surface area (Å²) in [4.78, 5) is 27.1. The number of carbonyl (C=O) groups excluding carboxylic acids is 2. The van der Waals surface area contributed by atoms with Crippen molar-refractivity contribution in [2.24, 2.45) is 5.92 Å². The van der Waals surface area contributed by atoms with Crippen LogP contribution in [0, 0.1) is 5.92 Å². The van der Waals surface area contributed by atoms with E-state index in [0.29, 0.717) is 35.5 Å². The molecule has 2 fully saturated rings. The number of amides is 2. The van der Waals surface area contributed by atoms with Crippen LogP contribution in [0.25, 0.3) is 0 Å². The Bertz CT molecular complexity index is 675. The van der Waals surface area contributed by atoms with Crippen LogP contribution >= 0.6 is 0 Å². The summed E-state index contributed by atoms with van der Waals surface area (Å²) >= 11 is 0. The largest absolute Gasteiger partial charge is 0.493 e. The van der Waals surface area contributed by atoms with E-state index < -0.39 is 0 Å². The monoisotopic (exact) mass is 376 g/mol. The average molecular weight is 376 g/mol. The molecule has 1 aliphatic carbocycles. The van der Waals surface area contributed by atoms with Crippen LogP contribution in [0.1, 0.15) is 38.5 Å². The SMILES string of the molecule is COc1cc(NC(=O)C2CC(=O)N(C3CCCCC3)C2)cc(OC)c1OC. The summed E-state index contributed by atoms with van der Waals surface area (Å²) in [6, 6.07) is 3.68. The molecule has 1 aromatic carbocycles. The van der Waals surface area contributed by atoms with Crippen molar-refractivity contribution in [3.8, 4) is 17.2 Å². The Morgan fingerprint density at radius 2 is 1.67 bits per heavy atom. The van der Waals surface area contributed by atoms with Crippen molar-refractivity contribution in [3.63, 3.8) is 0 Å². The first kappa shape index (κ1) is 19.3. The number of nitrogens with zero attached hydrogens (tertiary/aromatic N) is 1. The number of nitrogens with one attached hydrogen (secondary N) is 1. The Labute approximate surface area is 160 Å². The quantitative estimate of drug-likeness (QED) is 0.826. The Morgan fingerprint density at radius 1 is 1.04 bits per heavy atom. The van der Waals surface area contributed by atoms with Crippen molar-refractivity contribution in [1.82, 2.24) is 4.90 Å². The molecule has 1 heterocycles. The van der Waals surface area contributed by atoms with Crippen LogP contribution in [-0.4, -0.2) is 50.6 Å². The fourth-order valence-corrected chi connectivity index (χ4v) is 4.05. The molecule has 1 saturated heterocycles. The number of likely N-dealkylation sites (tertiary alicyclic amines) is 1. The number of rotatable bonds is 6.